The molecule has 0 bridgehead atoms. The molecule has 1 heterocycles. The van der Waals surface area contributed by atoms with Gasteiger partial charge in [-0.15, -0.1) is 0 Å². The van der Waals surface area contributed by atoms with Crippen LogP contribution in [0.4, 0.5) is 17.1 Å². The van der Waals surface area contributed by atoms with Crippen molar-refractivity contribution in [3.63, 3.8) is 0 Å². The number of pyridine rings is 1. The highest BCUT2D eigenvalue weighted by Gasteiger charge is 2.08. The van der Waals surface area contributed by atoms with Crippen molar-refractivity contribution in [2.24, 2.45) is 0 Å². The van der Waals surface area contributed by atoms with Gasteiger partial charge >= 0.3 is 0 Å². The molecular formula is C22H22N4O3. The highest BCUT2D eigenvalue weighted by molar-refractivity contribution is 6.03. The van der Waals surface area contributed by atoms with E-state index in [4.69, 9.17) is 4.74 Å². The zero-order chi connectivity index (χ0) is 20.6. The van der Waals surface area contributed by atoms with Gasteiger partial charge in [0.1, 0.15) is 11.4 Å². The van der Waals surface area contributed by atoms with Crippen LogP contribution in [0.1, 0.15) is 23.0 Å². The number of hydrogen-bond donors (Lipinski definition) is 3. The second kappa shape index (κ2) is 9.36. The molecule has 0 saturated carbocycles. The van der Waals surface area contributed by atoms with Gasteiger partial charge in [-0.05, 0) is 42.5 Å². The van der Waals surface area contributed by atoms with Gasteiger partial charge in [-0.25, -0.2) is 4.98 Å². The highest BCUT2D eigenvalue weighted by atomic mass is 16.5. The maximum Gasteiger partial charge on any atom is 0.274 e. The van der Waals surface area contributed by atoms with Crippen molar-refractivity contribution in [1.29, 1.82) is 0 Å². The number of aromatic nitrogens is 1. The topological polar surface area (TPSA) is 92.4 Å². The Kier molecular flexibility index (Phi) is 6.42. The largest absolute Gasteiger partial charge is 0.496 e. The lowest BCUT2D eigenvalue weighted by Gasteiger charge is -2.11. The first-order valence-corrected chi connectivity index (χ1v) is 9.06. The molecular weight excluding hydrogens is 368 g/mol. The quantitative estimate of drug-likeness (QED) is 0.569. The van der Waals surface area contributed by atoms with E-state index < -0.39 is 0 Å². The molecule has 3 aromatic rings. The summed E-state index contributed by atoms with van der Waals surface area (Å²) in [6, 6.07) is 18.1. The molecule has 0 aliphatic rings. The number of ether oxygens (including phenoxy) is 1. The molecule has 0 fully saturated rings. The second-order valence-electron chi connectivity index (χ2n) is 6.31. The van der Waals surface area contributed by atoms with Gasteiger partial charge in [0.05, 0.1) is 19.0 Å². The number of para-hydroxylation sites is 1. The summed E-state index contributed by atoms with van der Waals surface area (Å²) in [7, 11) is 1.64. The molecule has 0 unspecified atom stereocenters. The van der Waals surface area contributed by atoms with E-state index in [1.165, 1.54) is 6.92 Å². The first kappa shape index (κ1) is 19.9. The summed E-state index contributed by atoms with van der Waals surface area (Å²) in [6.07, 6.45) is 1.62. The molecule has 3 N–H and O–H groups in total. The summed E-state index contributed by atoms with van der Waals surface area (Å²) < 4.78 is 5.34. The molecule has 0 aliphatic carbocycles. The molecule has 148 valence electrons. The molecule has 0 radical (unpaired) electrons. The predicted octanol–water partition coefficient (Wildman–Crippen LogP) is 3.91. The van der Waals surface area contributed by atoms with Crippen molar-refractivity contribution in [2.45, 2.75) is 13.5 Å². The van der Waals surface area contributed by atoms with Crippen LogP contribution >= 0.6 is 0 Å². The first-order valence-electron chi connectivity index (χ1n) is 9.06. The lowest BCUT2D eigenvalue weighted by Crippen LogP contribution is -2.14. The van der Waals surface area contributed by atoms with Crippen molar-refractivity contribution in [2.75, 3.05) is 23.1 Å². The van der Waals surface area contributed by atoms with Gasteiger partial charge in [0.15, 0.2) is 0 Å². The predicted molar refractivity (Wildman–Crippen MR) is 113 cm³/mol. The van der Waals surface area contributed by atoms with Crippen LogP contribution in [-0.2, 0) is 11.3 Å². The summed E-state index contributed by atoms with van der Waals surface area (Å²) >= 11 is 0. The number of carbonyl (C=O) groups is 2. The number of nitrogens with zero attached hydrogens (tertiary/aromatic N) is 1. The zero-order valence-electron chi connectivity index (χ0n) is 16.2. The van der Waals surface area contributed by atoms with Crippen LogP contribution in [0.3, 0.4) is 0 Å². The molecule has 3 rings (SSSR count). The molecule has 0 atom stereocenters. The van der Waals surface area contributed by atoms with Crippen LogP contribution in [0.5, 0.6) is 5.75 Å². The molecule has 1 aromatic heterocycles. The Morgan fingerprint density at radius 3 is 2.17 bits per heavy atom. The van der Waals surface area contributed by atoms with E-state index in [0.717, 1.165) is 17.0 Å². The molecule has 0 spiro atoms. The fourth-order valence-corrected chi connectivity index (χ4v) is 2.71. The number of amides is 2. The van der Waals surface area contributed by atoms with Crippen LogP contribution in [0.15, 0.2) is 66.9 Å². The third kappa shape index (κ3) is 5.55. The fraction of sp³-hybridized carbons (Fsp3) is 0.136. The van der Waals surface area contributed by atoms with Gasteiger partial charge in [-0.1, -0.05) is 18.2 Å². The van der Waals surface area contributed by atoms with Crippen LogP contribution < -0.4 is 20.7 Å². The maximum atomic E-state index is 12.4. The SMILES string of the molecule is COc1ccccc1CNc1ccc(C(=O)Nc2ccc(NC(C)=O)cc2)nc1. The Morgan fingerprint density at radius 2 is 1.55 bits per heavy atom. The van der Waals surface area contributed by atoms with E-state index in [0.29, 0.717) is 23.6 Å². The number of methoxy groups -OCH3 is 1. The molecule has 7 nitrogen and oxygen atoms in total. The van der Waals surface area contributed by atoms with E-state index in [1.807, 2.05) is 24.3 Å². The molecule has 2 aromatic carbocycles. The van der Waals surface area contributed by atoms with Gasteiger partial charge in [-0.3, -0.25) is 9.59 Å². The Morgan fingerprint density at radius 1 is 0.897 bits per heavy atom. The van der Waals surface area contributed by atoms with E-state index in [-0.39, 0.29) is 11.8 Å². The summed E-state index contributed by atoms with van der Waals surface area (Å²) in [5.41, 5.74) is 3.41. The summed E-state index contributed by atoms with van der Waals surface area (Å²) in [6.45, 7) is 2.02. The van der Waals surface area contributed by atoms with E-state index >= 15 is 0 Å². The van der Waals surface area contributed by atoms with Crippen molar-refractivity contribution < 1.29 is 14.3 Å². The zero-order valence-corrected chi connectivity index (χ0v) is 16.2. The summed E-state index contributed by atoms with van der Waals surface area (Å²) in [5.74, 6) is 0.354. The average Bonchev–Trinajstić information content (AvgIpc) is 2.74. The van der Waals surface area contributed by atoms with Gasteiger partial charge < -0.3 is 20.7 Å². The third-order valence-electron chi connectivity index (χ3n) is 4.13. The van der Waals surface area contributed by atoms with Gasteiger partial charge in [0, 0.05) is 30.4 Å². The monoisotopic (exact) mass is 390 g/mol. The lowest BCUT2D eigenvalue weighted by atomic mass is 10.2. The highest BCUT2D eigenvalue weighted by Crippen LogP contribution is 2.19. The first-order chi connectivity index (χ1) is 14.0. The molecule has 2 amide bonds. The minimum atomic E-state index is -0.312. The van der Waals surface area contributed by atoms with Gasteiger partial charge in [0.25, 0.3) is 5.91 Å². The van der Waals surface area contributed by atoms with Crippen LogP contribution in [0.25, 0.3) is 0 Å². The van der Waals surface area contributed by atoms with Crippen LogP contribution in [-0.4, -0.2) is 23.9 Å². The Labute approximate surface area is 169 Å². The van der Waals surface area contributed by atoms with Crippen molar-refractivity contribution >= 4 is 28.9 Å². The smallest absolute Gasteiger partial charge is 0.274 e. The number of benzene rings is 2. The van der Waals surface area contributed by atoms with Crippen LogP contribution in [0.2, 0.25) is 0 Å². The summed E-state index contributed by atoms with van der Waals surface area (Å²) in [5, 5.41) is 8.72. The minimum Gasteiger partial charge on any atom is -0.496 e. The van der Waals surface area contributed by atoms with Crippen molar-refractivity contribution in [3.05, 3.63) is 78.1 Å². The molecule has 29 heavy (non-hydrogen) atoms. The number of nitrogens with one attached hydrogen (secondary N) is 3. The third-order valence-corrected chi connectivity index (χ3v) is 4.13. The normalized spacial score (nSPS) is 10.1. The van der Waals surface area contributed by atoms with Gasteiger partial charge in [0.2, 0.25) is 5.91 Å². The lowest BCUT2D eigenvalue weighted by molar-refractivity contribution is -0.114. The minimum absolute atomic E-state index is 0.148. The number of carbonyl (C=O) groups excluding carboxylic acids is 2. The fourth-order valence-electron chi connectivity index (χ4n) is 2.71. The Hall–Kier alpha value is -3.87. The van der Waals surface area contributed by atoms with Crippen LogP contribution in [0, 0.1) is 0 Å². The number of rotatable bonds is 7. The number of anilines is 3. The number of hydrogen-bond acceptors (Lipinski definition) is 5. The van der Waals surface area contributed by atoms with E-state index in [2.05, 4.69) is 20.9 Å². The van der Waals surface area contributed by atoms with Gasteiger partial charge in [-0.2, -0.15) is 0 Å². The van der Waals surface area contributed by atoms with E-state index in [1.54, 1.807) is 49.7 Å². The van der Waals surface area contributed by atoms with E-state index in [9.17, 15) is 9.59 Å². The standard InChI is InChI=1S/C22H22N4O3/c1-15(27)25-17-7-9-18(10-8-17)26-22(28)20-12-11-19(14-24-20)23-13-16-5-3-4-6-21(16)29-2/h3-12,14,23H,13H2,1-2H3,(H,25,27)(H,26,28). The van der Waals surface area contributed by atoms with Crippen molar-refractivity contribution in [1.82, 2.24) is 4.98 Å². The Balaban J connectivity index is 1.57. The van der Waals surface area contributed by atoms with Crippen molar-refractivity contribution in [3.8, 4) is 5.75 Å². The average molecular weight is 390 g/mol. The molecule has 0 saturated heterocycles. The molecule has 0 aliphatic heterocycles. The second-order valence-corrected chi connectivity index (χ2v) is 6.31. The summed E-state index contributed by atoms with van der Waals surface area (Å²) in [4.78, 5) is 27.6. The molecule has 7 heteroatoms. The maximum absolute atomic E-state index is 12.4. The Bertz CT molecular complexity index is 986.